The molecule has 4 heteroatoms. The number of amidine groups is 1. The smallest absolute Gasteiger partial charge is 0.165 e. The molecule has 0 aliphatic heterocycles. The minimum absolute atomic E-state index is 0.155. The molecule has 0 amide bonds. The quantitative estimate of drug-likeness (QED) is 0.258. The molecule has 0 aromatic heterocycles. The molecule has 0 radical (unpaired) electrons. The summed E-state index contributed by atoms with van der Waals surface area (Å²) in [5.74, 6) is 0. The van der Waals surface area contributed by atoms with Crippen molar-refractivity contribution in [3.8, 4) is 5.40 Å². The SMILES string of the molecule is N#CSC(=N)N. The second-order valence-corrected chi connectivity index (χ2v) is 1.38. The van der Waals surface area contributed by atoms with Crippen LogP contribution in [0.25, 0.3) is 0 Å². The fourth-order valence-corrected chi connectivity index (χ4v) is 0.148. The van der Waals surface area contributed by atoms with E-state index in [0.717, 1.165) is 0 Å². The van der Waals surface area contributed by atoms with E-state index in [1.54, 1.807) is 5.40 Å². The summed E-state index contributed by atoms with van der Waals surface area (Å²) in [5, 5.41) is 15.6. The summed E-state index contributed by atoms with van der Waals surface area (Å²) in [7, 11) is 0. The number of hydrogen-bond donors (Lipinski definition) is 2. The molecule has 6 heavy (non-hydrogen) atoms. The Hall–Kier alpha value is -0.690. The van der Waals surface area contributed by atoms with Crippen LogP contribution in [0.3, 0.4) is 0 Å². The average molecular weight is 101 g/mol. The Morgan fingerprint density at radius 2 is 2.50 bits per heavy atom. The number of nitrogens with one attached hydrogen (secondary N) is 1. The van der Waals surface area contributed by atoms with Gasteiger partial charge < -0.3 is 5.73 Å². The van der Waals surface area contributed by atoms with Crippen molar-refractivity contribution in [2.75, 3.05) is 0 Å². The van der Waals surface area contributed by atoms with Crippen LogP contribution in [0.5, 0.6) is 0 Å². The molecule has 0 aromatic rings. The first-order chi connectivity index (χ1) is 2.77. The molecule has 0 heterocycles. The van der Waals surface area contributed by atoms with Crippen molar-refractivity contribution in [3.05, 3.63) is 0 Å². The number of hydrogen-bond acceptors (Lipinski definition) is 3. The number of thioether (sulfide) groups is 1. The van der Waals surface area contributed by atoms with Gasteiger partial charge in [-0.2, -0.15) is 5.26 Å². The molecule has 0 rings (SSSR count). The third-order valence-corrected chi connectivity index (χ3v) is 0.467. The van der Waals surface area contributed by atoms with Crippen LogP contribution in [0.4, 0.5) is 0 Å². The molecular formula is C2H3N3S. The highest BCUT2D eigenvalue weighted by molar-refractivity contribution is 8.17. The Labute approximate surface area is 39.6 Å². The minimum atomic E-state index is -0.155. The summed E-state index contributed by atoms with van der Waals surface area (Å²) in [5.41, 5.74) is 4.73. The van der Waals surface area contributed by atoms with E-state index in [9.17, 15) is 0 Å². The van der Waals surface area contributed by atoms with Gasteiger partial charge in [0.15, 0.2) is 5.17 Å². The summed E-state index contributed by atoms with van der Waals surface area (Å²) >= 11 is 0.653. The van der Waals surface area contributed by atoms with Gasteiger partial charge in [0.25, 0.3) is 0 Å². The first-order valence-electron chi connectivity index (χ1n) is 1.17. The lowest BCUT2D eigenvalue weighted by Crippen LogP contribution is -2.00. The van der Waals surface area contributed by atoms with E-state index in [4.69, 9.17) is 16.4 Å². The molecule has 0 aliphatic rings. The fraction of sp³-hybridized carbons (Fsp3) is 0. The van der Waals surface area contributed by atoms with Crippen LogP contribution in [-0.2, 0) is 0 Å². The van der Waals surface area contributed by atoms with Gasteiger partial charge in [0, 0.05) is 11.8 Å². The predicted molar refractivity (Wildman–Crippen MR) is 25.1 cm³/mol. The Balaban J connectivity index is 3.13. The van der Waals surface area contributed by atoms with Crippen LogP contribution in [0, 0.1) is 16.1 Å². The lowest BCUT2D eigenvalue weighted by atomic mass is 11.4. The predicted octanol–water partition coefficient (Wildman–Crippen LogP) is 0.0942. The zero-order valence-electron chi connectivity index (χ0n) is 2.93. The Morgan fingerprint density at radius 1 is 2.00 bits per heavy atom. The van der Waals surface area contributed by atoms with Crippen LogP contribution >= 0.6 is 11.8 Å². The van der Waals surface area contributed by atoms with E-state index in [-0.39, 0.29) is 5.17 Å². The average Bonchev–Trinajstić information content (AvgIpc) is 1.35. The van der Waals surface area contributed by atoms with Crippen LogP contribution in [0.15, 0.2) is 0 Å². The zero-order valence-corrected chi connectivity index (χ0v) is 3.75. The van der Waals surface area contributed by atoms with Crippen molar-refractivity contribution in [2.45, 2.75) is 0 Å². The second-order valence-electron chi connectivity index (χ2n) is 0.558. The first-order valence-corrected chi connectivity index (χ1v) is 1.99. The van der Waals surface area contributed by atoms with E-state index in [1.165, 1.54) is 0 Å². The first kappa shape index (κ1) is 5.31. The molecule has 0 unspecified atom stereocenters. The van der Waals surface area contributed by atoms with Gasteiger partial charge in [-0.15, -0.1) is 0 Å². The minimum Gasteiger partial charge on any atom is -0.378 e. The summed E-state index contributed by atoms with van der Waals surface area (Å²) in [6.45, 7) is 0. The number of nitrogens with two attached hydrogens (primary N) is 1. The van der Waals surface area contributed by atoms with Crippen molar-refractivity contribution in [2.24, 2.45) is 5.73 Å². The van der Waals surface area contributed by atoms with E-state index in [0.29, 0.717) is 11.8 Å². The molecule has 0 atom stereocenters. The summed E-state index contributed by atoms with van der Waals surface area (Å²) < 4.78 is 0. The monoisotopic (exact) mass is 101 g/mol. The lowest BCUT2D eigenvalue weighted by molar-refractivity contribution is 1.51. The van der Waals surface area contributed by atoms with Crippen molar-refractivity contribution in [3.63, 3.8) is 0 Å². The highest BCUT2D eigenvalue weighted by atomic mass is 32.2. The molecule has 0 fully saturated rings. The maximum Gasteiger partial charge on any atom is 0.165 e. The Bertz CT molecular complexity index is 91.5. The van der Waals surface area contributed by atoms with Gasteiger partial charge in [0.2, 0.25) is 0 Å². The largest absolute Gasteiger partial charge is 0.378 e. The van der Waals surface area contributed by atoms with E-state index >= 15 is 0 Å². The molecule has 0 bridgehead atoms. The fourth-order valence-electron chi connectivity index (χ4n) is 0.0492. The van der Waals surface area contributed by atoms with Gasteiger partial charge >= 0.3 is 0 Å². The molecule has 0 aromatic carbocycles. The summed E-state index contributed by atoms with van der Waals surface area (Å²) in [4.78, 5) is 0. The van der Waals surface area contributed by atoms with Gasteiger partial charge in [-0.3, -0.25) is 5.41 Å². The maximum absolute atomic E-state index is 7.73. The Morgan fingerprint density at radius 3 is 2.50 bits per heavy atom. The highest BCUT2D eigenvalue weighted by Gasteiger charge is 1.79. The zero-order chi connectivity index (χ0) is 4.99. The maximum atomic E-state index is 7.73. The topological polar surface area (TPSA) is 73.7 Å². The van der Waals surface area contributed by atoms with Crippen LogP contribution in [0.1, 0.15) is 0 Å². The van der Waals surface area contributed by atoms with Gasteiger partial charge in [-0.1, -0.05) is 0 Å². The molecule has 0 spiro atoms. The third-order valence-electron chi connectivity index (χ3n) is 0.156. The standard InChI is InChI=1S/C2H3N3S/c3-1-6-2(4)5/h(H3,4,5). The highest BCUT2D eigenvalue weighted by Crippen LogP contribution is 1.89. The van der Waals surface area contributed by atoms with Crippen molar-refractivity contribution in [1.29, 1.82) is 10.7 Å². The number of nitriles is 1. The number of thiocyanates is 1. The lowest BCUT2D eigenvalue weighted by Gasteiger charge is -1.75. The molecule has 3 nitrogen and oxygen atoms in total. The normalized spacial score (nSPS) is 6.50. The third kappa shape index (κ3) is 3.31. The summed E-state index contributed by atoms with van der Waals surface area (Å²) in [6, 6.07) is 0. The van der Waals surface area contributed by atoms with Crippen molar-refractivity contribution < 1.29 is 0 Å². The summed E-state index contributed by atoms with van der Waals surface area (Å²) in [6.07, 6.45) is 0. The van der Waals surface area contributed by atoms with Crippen molar-refractivity contribution >= 4 is 16.9 Å². The van der Waals surface area contributed by atoms with Gasteiger partial charge in [0.05, 0.1) is 0 Å². The van der Waals surface area contributed by atoms with E-state index < -0.39 is 0 Å². The molecular weight excluding hydrogens is 98.1 g/mol. The van der Waals surface area contributed by atoms with Gasteiger partial charge in [-0.25, -0.2) is 0 Å². The second kappa shape index (κ2) is 2.54. The number of nitrogens with zero attached hydrogens (tertiary/aromatic N) is 1. The van der Waals surface area contributed by atoms with Gasteiger partial charge in [0.1, 0.15) is 5.40 Å². The molecule has 0 saturated carbocycles. The molecule has 32 valence electrons. The number of rotatable bonds is 0. The Kier molecular flexibility index (Phi) is 2.25. The van der Waals surface area contributed by atoms with Crippen LogP contribution in [-0.4, -0.2) is 5.17 Å². The van der Waals surface area contributed by atoms with E-state index in [2.05, 4.69) is 0 Å². The van der Waals surface area contributed by atoms with Crippen LogP contribution < -0.4 is 5.73 Å². The van der Waals surface area contributed by atoms with E-state index in [1.807, 2.05) is 0 Å². The van der Waals surface area contributed by atoms with Crippen molar-refractivity contribution in [1.82, 2.24) is 0 Å². The molecule has 3 N–H and O–H groups in total. The van der Waals surface area contributed by atoms with Gasteiger partial charge in [-0.05, 0) is 0 Å². The molecule has 0 aliphatic carbocycles. The molecule has 0 saturated heterocycles. The van der Waals surface area contributed by atoms with Crippen LogP contribution in [0.2, 0.25) is 0 Å².